The van der Waals surface area contributed by atoms with Gasteiger partial charge < -0.3 is 15.1 Å². The van der Waals surface area contributed by atoms with Crippen molar-refractivity contribution < 1.29 is 9.59 Å². The fourth-order valence-corrected chi connectivity index (χ4v) is 4.64. The Kier molecular flexibility index (Phi) is 7.32. The van der Waals surface area contributed by atoms with E-state index in [0.717, 1.165) is 77.4 Å². The van der Waals surface area contributed by atoms with Crippen molar-refractivity contribution in [2.45, 2.75) is 44.9 Å². The highest BCUT2D eigenvalue weighted by molar-refractivity contribution is 5.81. The summed E-state index contributed by atoms with van der Waals surface area (Å²) < 4.78 is 0. The summed E-state index contributed by atoms with van der Waals surface area (Å²) in [5.41, 5.74) is 0. The van der Waals surface area contributed by atoms with Crippen molar-refractivity contribution in [2.24, 2.45) is 11.8 Å². The summed E-state index contributed by atoms with van der Waals surface area (Å²) in [5, 5.41) is 3.23. The minimum absolute atomic E-state index is 0.139. The average molecular weight is 365 g/mol. The number of hydrogen-bond donors (Lipinski definition) is 1. The van der Waals surface area contributed by atoms with Crippen molar-refractivity contribution in [3.63, 3.8) is 0 Å². The number of rotatable bonds is 6. The Labute approximate surface area is 158 Å². The molecule has 0 unspecified atom stereocenters. The lowest BCUT2D eigenvalue weighted by molar-refractivity contribution is -0.140. The molecule has 0 aromatic heterocycles. The van der Waals surface area contributed by atoms with Crippen LogP contribution in [0.25, 0.3) is 0 Å². The van der Waals surface area contributed by atoms with E-state index in [-0.39, 0.29) is 11.8 Å². The van der Waals surface area contributed by atoms with Gasteiger partial charge in [-0.05, 0) is 77.5 Å². The van der Waals surface area contributed by atoms with Crippen molar-refractivity contribution >= 4 is 11.8 Å². The van der Waals surface area contributed by atoms with Gasteiger partial charge in [-0.2, -0.15) is 0 Å². The van der Waals surface area contributed by atoms with E-state index < -0.39 is 0 Å². The number of carbonyl (C=O) groups excluding carboxylic acids is 2. The van der Waals surface area contributed by atoms with E-state index in [1.807, 2.05) is 16.8 Å². The van der Waals surface area contributed by atoms with Crippen molar-refractivity contribution in [2.75, 3.05) is 59.4 Å². The molecule has 1 N–H and O–H groups in total. The topological polar surface area (TPSA) is 55.9 Å². The molecule has 3 aliphatic rings. The zero-order valence-electron chi connectivity index (χ0n) is 16.4. The zero-order valence-corrected chi connectivity index (χ0v) is 16.4. The maximum absolute atomic E-state index is 12.6. The number of likely N-dealkylation sites (tertiary alicyclic amines) is 3. The first-order valence-electron chi connectivity index (χ1n) is 10.6. The monoisotopic (exact) mass is 364 g/mol. The van der Waals surface area contributed by atoms with Crippen LogP contribution in [0.15, 0.2) is 0 Å². The SMILES string of the molecule is CNCCC1CCN(CC(=O)N2CCC(C(=O)N3CCCC3)CC2)CC1. The Morgan fingerprint density at radius 2 is 1.54 bits per heavy atom. The lowest BCUT2D eigenvalue weighted by Gasteiger charge is -2.36. The van der Waals surface area contributed by atoms with E-state index in [1.165, 1.54) is 19.3 Å². The first-order valence-corrected chi connectivity index (χ1v) is 10.6. The highest BCUT2D eigenvalue weighted by Crippen LogP contribution is 2.23. The molecule has 3 saturated heterocycles. The molecule has 2 amide bonds. The minimum Gasteiger partial charge on any atom is -0.342 e. The summed E-state index contributed by atoms with van der Waals surface area (Å²) in [4.78, 5) is 31.5. The molecular formula is C20H36N4O2. The molecule has 0 aliphatic carbocycles. The molecule has 3 aliphatic heterocycles. The van der Waals surface area contributed by atoms with Gasteiger partial charge in [0, 0.05) is 32.1 Å². The second-order valence-corrected chi connectivity index (χ2v) is 8.30. The Morgan fingerprint density at radius 3 is 2.15 bits per heavy atom. The standard InChI is InChI=1S/C20H36N4O2/c1-21-9-4-17-5-12-22(13-6-17)16-19(25)23-14-7-18(8-15-23)20(26)24-10-2-3-11-24/h17-18,21H,2-16H2,1H3. The maximum atomic E-state index is 12.6. The third kappa shape index (κ3) is 5.19. The van der Waals surface area contributed by atoms with Crippen LogP contribution in [0.1, 0.15) is 44.9 Å². The molecule has 6 nitrogen and oxygen atoms in total. The van der Waals surface area contributed by atoms with Crippen molar-refractivity contribution in [1.29, 1.82) is 0 Å². The van der Waals surface area contributed by atoms with Gasteiger partial charge in [0.25, 0.3) is 0 Å². The van der Waals surface area contributed by atoms with E-state index in [0.29, 0.717) is 12.5 Å². The molecule has 26 heavy (non-hydrogen) atoms. The van der Waals surface area contributed by atoms with Crippen LogP contribution >= 0.6 is 0 Å². The van der Waals surface area contributed by atoms with Gasteiger partial charge in [-0.1, -0.05) is 0 Å². The van der Waals surface area contributed by atoms with Crippen LogP contribution in [0.2, 0.25) is 0 Å². The third-order valence-electron chi connectivity index (χ3n) is 6.48. The molecule has 0 atom stereocenters. The van der Waals surface area contributed by atoms with E-state index in [4.69, 9.17) is 0 Å². The molecule has 0 radical (unpaired) electrons. The lowest BCUT2D eigenvalue weighted by Crippen LogP contribution is -2.48. The number of nitrogens with one attached hydrogen (secondary N) is 1. The summed E-state index contributed by atoms with van der Waals surface area (Å²) in [6.45, 7) is 7.11. The summed E-state index contributed by atoms with van der Waals surface area (Å²) in [5.74, 6) is 1.53. The highest BCUT2D eigenvalue weighted by atomic mass is 16.2. The number of hydrogen-bond acceptors (Lipinski definition) is 4. The molecular weight excluding hydrogens is 328 g/mol. The van der Waals surface area contributed by atoms with Crippen LogP contribution < -0.4 is 5.32 Å². The second kappa shape index (κ2) is 9.70. The fourth-order valence-electron chi connectivity index (χ4n) is 4.64. The first kappa shape index (κ1) is 19.6. The van der Waals surface area contributed by atoms with Gasteiger partial charge in [0.2, 0.25) is 11.8 Å². The van der Waals surface area contributed by atoms with Gasteiger partial charge >= 0.3 is 0 Å². The quantitative estimate of drug-likeness (QED) is 0.769. The molecule has 6 heteroatoms. The van der Waals surface area contributed by atoms with Gasteiger partial charge in [0.1, 0.15) is 0 Å². The molecule has 3 rings (SSSR count). The molecule has 0 saturated carbocycles. The largest absolute Gasteiger partial charge is 0.342 e. The van der Waals surface area contributed by atoms with E-state index in [1.54, 1.807) is 0 Å². The number of nitrogens with zero attached hydrogens (tertiary/aromatic N) is 3. The maximum Gasteiger partial charge on any atom is 0.236 e. The third-order valence-corrected chi connectivity index (χ3v) is 6.48. The summed E-state index contributed by atoms with van der Waals surface area (Å²) >= 11 is 0. The predicted molar refractivity (Wildman–Crippen MR) is 103 cm³/mol. The van der Waals surface area contributed by atoms with Gasteiger partial charge in [-0.25, -0.2) is 0 Å². The van der Waals surface area contributed by atoms with Crippen LogP contribution in [0.4, 0.5) is 0 Å². The average Bonchev–Trinajstić information content (AvgIpc) is 3.22. The normalized spacial score (nSPS) is 23.6. The highest BCUT2D eigenvalue weighted by Gasteiger charge is 2.31. The van der Waals surface area contributed by atoms with Crippen LogP contribution in [0.3, 0.4) is 0 Å². The van der Waals surface area contributed by atoms with Gasteiger partial charge in [0.05, 0.1) is 6.54 Å². The van der Waals surface area contributed by atoms with E-state index in [2.05, 4.69) is 10.2 Å². The number of piperidine rings is 2. The van der Waals surface area contributed by atoms with E-state index >= 15 is 0 Å². The van der Waals surface area contributed by atoms with Crippen LogP contribution in [-0.4, -0.2) is 85.9 Å². The first-order chi connectivity index (χ1) is 12.7. The number of carbonyl (C=O) groups is 2. The summed E-state index contributed by atoms with van der Waals surface area (Å²) in [6, 6.07) is 0. The summed E-state index contributed by atoms with van der Waals surface area (Å²) in [6.07, 6.45) is 7.64. The summed E-state index contributed by atoms with van der Waals surface area (Å²) in [7, 11) is 2.01. The Bertz CT molecular complexity index is 462. The second-order valence-electron chi connectivity index (χ2n) is 8.30. The lowest BCUT2D eigenvalue weighted by atomic mass is 9.93. The van der Waals surface area contributed by atoms with Crippen LogP contribution in [-0.2, 0) is 9.59 Å². The minimum atomic E-state index is 0.139. The molecule has 148 valence electrons. The van der Waals surface area contributed by atoms with Gasteiger partial charge in [0.15, 0.2) is 0 Å². The molecule has 0 aromatic rings. The molecule has 3 heterocycles. The van der Waals surface area contributed by atoms with Crippen molar-refractivity contribution in [1.82, 2.24) is 20.0 Å². The predicted octanol–water partition coefficient (Wildman–Crippen LogP) is 1.17. The van der Waals surface area contributed by atoms with Crippen LogP contribution in [0, 0.1) is 11.8 Å². The van der Waals surface area contributed by atoms with Crippen molar-refractivity contribution in [3.8, 4) is 0 Å². The molecule has 0 spiro atoms. The Hall–Kier alpha value is -1.14. The number of amides is 2. The fraction of sp³-hybridized carbons (Fsp3) is 0.900. The van der Waals surface area contributed by atoms with Gasteiger partial charge in [-0.15, -0.1) is 0 Å². The Morgan fingerprint density at radius 1 is 0.885 bits per heavy atom. The van der Waals surface area contributed by atoms with Crippen molar-refractivity contribution in [3.05, 3.63) is 0 Å². The smallest absolute Gasteiger partial charge is 0.236 e. The van der Waals surface area contributed by atoms with E-state index in [9.17, 15) is 9.59 Å². The molecule has 0 aromatic carbocycles. The molecule has 0 bridgehead atoms. The Balaban J connectivity index is 1.35. The van der Waals surface area contributed by atoms with Crippen LogP contribution in [0.5, 0.6) is 0 Å². The zero-order chi connectivity index (χ0) is 18.4. The molecule has 3 fully saturated rings. The van der Waals surface area contributed by atoms with Gasteiger partial charge in [-0.3, -0.25) is 14.5 Å².